The van der Waals surface area contributed by atoms with Crippen molar-refractivity contribution < 1.29 is 19.0 Å². The lowest BCUT2D eigenvalue weighted by Gasteiger charge is -2.31. The van der Waals surface area contributed by atoms with Crippen LogP contribution in [0.1, 0.15) is 28.7 Å². The van der Waals surface area contributed by atoms with Crippen molar-refractivity contribution >= 4 is 23.1 Å². The average Bonchev–Trinajstić information content (AvgIpc) is 3.07. The van der Waals surface area contributed by atoms with E-state index in [1.54, 1.807) is 24.3 Å². The van der Waals surface area contributed by atoms with E-state index in [1.165, 1.54) is 12.1 Å². The Balaban J connectivity index is 1.48. The van der Waals surface area contributed by atoms with Crippen LogP contribution in [0.25, 0.3) is 17.2 Å². The molecule has 0 aromatic heterocycles. The maximum Gasteiger partial charge on any atom is 0.246 e. The van der Waals surface area contributed by atoms with Crippen LogP contribution in [-0.4, -0.2) is 60.6 Å². The van der Waals surface area contributed by atoms with E-state index >= 15 is 0 Å². The number of hydrogen-bond donors (Lipinski definition) is 1. The van der Waals surface area contributed by atoms with Crippen molar-refractivity contribution in [1.29, 1.82) is 0 Å². The van der Waals surface area contributed by atoms with Gasteiger partial charge in [-0.15, -0.1) is 0 Å². The van der Waals surface area contributed by atoms with Crippen LogP contribution >= 0.6 is 0 Å². The first-order valence-electron chi connectivity index (χ1n) is 12.2. The molecule has 6 heteroatoms. The van der Waals surface area contributed by atoms with Crippen LogP contribution in [0.5, 0.6) is 11.5 Å². The van der Waals surface area contributed by atoms with E-state index in [1.807, 2.05) is 47.4 Å². The van der Waals surface area contributed by atoms with Crippen molar-refractivity contribution in [1.82, 2.24) is 9.80 Å². The number of likely N-dealkylation sites (N-methyl/N-ethyl adjacent to an activating group) is 1. The summed E-state index contributed by atoms with van der Waals surface area (Å²) in [6.07, 6.45) is 4.12. The van der Waals surface area contributed by atoms with E-state index in [0.717, 1.165) is 59.6 Å². The Kier molecular flexibility index (Phi) is 6.87. The Morgan fingerprint density at radius 1 is 0.944 bits per heavy atom. The maximum absolute atomic E-state index is 14.0. The minimum Gasteiger partial charge on any atom is -0.508 e. The predicted molar refractivity (Wildman–Crippen MR) is 140 cm³/mol. The molecule has 184 valence electrons. The molecule has 3 aromatic rings. The van der Waals surface area contributed by atoms with Crippen LogP contribution in [0.2, 0.25) is 0 Å². The van der Waals surface area contributed by atoms with E-state index in [4.69, 9.17) is 4.74 Å². The van der Waals surface area contributed by atoms with Crippen LogP contribution in [0.15, 0.2) is 72.8 Å². The van der Waals surface area contributed by atoms with Gasteiger partial charge in [0.05, 0.1) is 6.61 Å². The number of ether oxygens (including phenoxy) is 1. The summed E-state index contributed by atoms with van der Waals surface area (Å²) in [4.78, 5) is 16.7. The van der Waals surface area contributed by atoms with Gasteiger partial charge in [0.1, 0.15) is 17.3 Å². The zero-order chi connectivity index (χ0) is 25.1. The highest BCUT2D eigenvalue weighted by atomic mass is 19.1. The maximum atomic E-state index is 14.0. The second kappa shape index (κ2) is 10.4. The molecule has 5 nitrogen and oxygen atoms in total. The largest absolute Gasteiger partial charge is 0.508 e. The molecule has 2 heterocycles. The van der Waals surface area contributed by atoms with Gasteiger partial charge in [-0.1, -0.05) is 36.4 Å². The third kappa shape index (κ3) is 5.19. The van der Waals surface area contributed by atoms with Gasteiger partial charge in [0.15, 0.2) is 0 Å². The Morgan fingerprint density at radius 2 is 1.64 bits per heavy atom. The molecule has 36 heavy (non-hydrogen) atoms. The summed E-state index contributed by atoms with van der Waals surface area (Å²) in [5, 5.41) is 9.78. The number of phenolic OH excluding ortho intramolecular Hbond substituents is 1. The van der Waals surface area contributed by atoms with E-state index in [-0.39, 0.29) is 17.5 Å². The second-order valence-electron chi connectivity index (χ2n) is 9.22. The second-order valence-corrected chi connectivity index (χ2v) is 9.22. The number of hydrogen-bond acceptors (Lipinski definition) is 4. The molecule has 1 N–H and O–H groups in total. The average molecular weight is 485 g/mol. The monoisotopic (exact) mass is 484 g/mol. The van der Waals surface area contributed by atoms with Crippen LogP contribution in [0.3, 0.4) is 0 Å². The van der Waals surface area contributed by atoms with E-state index in [2.05, 4.69) is 11.9 Å². The summed E-state index contributed by atoms with van der Waals surface area (Å²) in [5.41, 5.74) is 5.73. The molecule has 1 fully saturated rings. The standard InChI is InChI=1S/C30H29FN2O3/c1-32-15-17-33(18-16-32)29(35)13-4-21-2-5-23(6-3-21)30-26(22-7-10-25(34)11-8-22)14-19-36-28-20-24(31)9-12-27(28)30/h2-13,20,34H,14-19H2,1H3/b13-4+. The smallest absolute Gasteiger partial charge is 0.246 e. The van der Waals surface area contributed by atoms with Gasteiger partial charge < -0.3 is 19.6 Å². The van der Waals surface area contributed by atoms with Crippen molar-refractivity contribution in [3.63, 3.8) is 0 Å². The van der Waals surface area contributed by atoms with Gasteiger partial charge in [-0.05, 0) is 65.2 Å². The van der Waals surface area contributed by atoms with E-state index in [0.29, 0.717) is 18.8 Å². The molecule has 2 aliphatic rings. The summed E-state index contributed by atoms with van der Waals surface area (Å²) in [6, 6.07) is 19.8. The lowest BCUT2D eigenvalue weighted by atomic mass is 9.88. The number of amides is 1. The van der Waals surface area contributed by atoms with Gasteiger partial charge in [-0.3, -0.25) is 4.79 Å². The van der Waals surface area contributed by atoms with Gasteiger partial charge in [-0.2, -0.15) is 0 Å². The van der Waals surface area contributed by atoms with Crippen molar-refractivity contribution in [2.45, 2.75) is 6.42 Å². The fraction of sp³-hybridized carbons (Fsp3) is 0.233. The Hall–Kier alpha value is -3.90. The van der Waals surface area contributed by atoms with Gasteiger partial charge in [0.25, 0.3) is 0 Å². The number of piperazine rings is 1. The molecule has 0 saturated carbocycles. The minimum absolute atomic E-state index is 0.0290. The molecule has 0 atom stereocenters. The Labute approximate surface area is 210 Å². The number of rotatable bonds is 4. The fourth-order valence-electron chi connectivity index (χ4n) is 4.71. The lowest BCUT2D eigenvalue weighted by Crippen LogP contribution is -2.46. The number of halogens is 1. The van der Waals surface area contributed by atoms with Crippen molar-refractivity contribution in [3.05, 3.63) is 101 Å². The van der Waals surface area contributed by atoms with Crippen LogP contribution in [-0.2, 0) is 4.79 Å². The molecule has 1 saturated heterocycles. The molecule has 5 rings (SSSR count). The summed E-state index contributed by atoms with van der Waals surface area (Å²) in [7, 11) is 2.07. The van der Waals surface area contributed by atoms with Crippen LogP contribution < -0.4 is 4.74 Å². The molecule has 3 aromatic carbocycles. The number of carbonyl (C=O) groups excluding carboxylic acids is 1. The number of fused-ring (bicyclic) bond motifs is 1. The first-order chi connectivity index (χ1) is 17.5. The van der Waals surface area contributed by atoms with Crippen molar-refractivity contribution in [2.24, 2.45) is 0 Å². The summed E-state index contributed by atoms with van der Waals surface area (Å²) in [5.74, 6) is 0.407. The van der Waals surface area contributed by atoms with Gasteiger partial charge >= 0.3 is 0 Å². The predicted octanol–water partition coefficient (Wildman–Crippen LogP) is 5.06. The molecule has 0 unspecified atom stereocenters. The quantitative estimate of drug-likeness (QED) is 0.526. The molecular weight excluding hydrogens is 455 g/mol. The number of nitrogens with zero attached hydrogens (tertiary/aromatic N) is 2. The Bertz CT molecular complexity index is 1310. The molecule has 0 aliphatic carbocycles. The topological polar surface area (TPSA) is 53.0 Å². The fourth-order valence-corrected chi connectivity index (χ4v) is 4.71. The minimum atomic E-state index is -0.341. The van der Waals surface area contributed by atoms with Gasteiger partial charge in [-0.25, -0.2) is 4.39 Å². The zero-order valence-electron chi connectivity index (χ0n) is 20.3. The van der Waals surface area contributed by atoms with Crippen LogP contribution in [0, 0.1) is 5.82 Å². The van der Waals surface area contributed by atoms with Crippen molar-refractivity contribution in [2.75, 3.05) is 39.8 Å². The van der Waals surface area contributed by atoms with Gasteiger partial charge in [0, 0.05) is 50.3 Å². The molecule has 0 bridgehead atoms. The highest BCUT2D eigenvalue weighted by Crippen LogP contribution is 2.41. The summed E-state index contributed by atoms with van der Waals surface area (Å²) < 4.78 is 19.9. The molecule has 0 radical (unpaired) electrons. The first kappa shape index (κ1) is 23.8. The summed E-state index contributed by atoms with van der Waals surface area (Å²) in [6.45, 7) is 3.69. The first-order valence-corrected chi connectivity index (χ1v) is 12.2. The number of benzene rings is 3. The van der Waals surface area contributed by atoms with E-state index < -0.39 is 0 Å². The summed E-state index contributed by atoms with van der Waals surface area (Å²) >= 11 is 0. The molecule has 2 aliphatic heterocycles. The third-order valence-corrected chi connectivity index (χ3v) is 6.77. The SMILES string of the molecule is CN1CCN(C(=O)/C=C/c2ccc(C3=C(c4ccc(O)cc4)CCOc4cc(F)ccc43)cc2)CC1. The lowest BCUT2D eigenvalue weighted by molar-refractivity contribution is -0.127. The molecule has 1 amide bonds. The zero-order valence-corrected chi connectivity index (χ0v) is 20.3. The van der Waals surface area contributed by atoms with E-state index in [9.17, 15) is 14.3 Å². The molecular formula is C30H29FN2O3. The number of phenols is 1. The van der Waals surface area contributed by atoms with Crippen molar-refractivity contribution in [3.8, 4) is 11.5 Å². The number of aromatic hydroxyl groups is 1. The number of carbonyl (C=O) groups is 1. The normalized spacial score (nSPS) is 16.6. The Morgan fingerprint density at radius 3 is 2.36 bits per heavy atom. The van der Waals surface area contributed by atoms with Crippen LogP contribution in [0.4, 0.5) is 4.39 Å². The third-order valence-electron chi connectivity index (χ3n) is 6.77. The highest BCUT2D eigenvalue weighted by Gasteiger charge is 2.22. The van der Waals surface area contributed by atoms with Gasteiger partial charge in [0.2, 0.25) is 5.91 Å². The molecule has 0 spiro atoms. The highest BCUT2D eigenvalue weighted by molar-refractivity contribution is 6.00.